The van der Waals surface area contributed by atoms with Gasteiger partial charge in [0.05, 0.1) is 6.26 Å². The van der Waals surface area contributed by atoms with Gasteiger partial charge in [-0.3, -0.25) is 9.59 Å². The van der Waals surface area contributed by atoms with Crippen molar-refractivity contribution in [3.8, 4) is 0 Å². The number of rotatable bonds is 6. The van der Waals surface area contributed by atoms with Gasteiger partial charge in [0.25, 0.3) is 0 Å². The number of nitrogens with zero attached hydrogens (tertiary/aromatic N) is 3. The monoisotopic (exact) mass is 333 g/mol. The van der Waals surface area contributed by atoms with Crippen molar-refractivity contribution in [1.29, 1.82) is 0 Å². The maximum Gasteiger partial charge on any atom is 0.224 e. The summed E-state index contributed by atoms with van der Waals surface area (Å²) in [6, 6.07) is 0. The predicted molar refractivity (Wildman–Crippen MR) is 84.7 cm³/mol. The van der Waals surface area contributed by atoms with Crippen LogP contribution in [0.25, 0.3) is 0 Å². The predicted octanol–water partition coefficient (Wildman–Crippen LogP) is -0.0152. The number of hydrogen-bond acceptors (Lipinski definition) is 4. The Morgan fingerprint density at radius 3 is 2.00 bits per heavy atom. The van der Waals surface area contributed by atoms with E-state index in [1.807, 2.05) is 13.8 Å². The minimum atomic E-state index is -3.30. The van der Waals surface area contributed by atoms with Crippen molar-refractivity contribution < 1.29 is 18.0 Å². The van der Waals surface area contributed by atoms with Gasteiger partial charge in [-0.25, -0.2) is 12.7 Å². The second-order valence-corrected chi connectivity index (χ2v) is 8.13. The van der Waals surface area contributed by atoms with Crippen molar-refractivity contribution in [1.82, 2.24) is 14.1 Å². The standard InChI is InChI=1S/C14H27N3O4S/c1-12(2)11-17(22(4,20)21)6-5-14(19)16-9-7-15(8-10-16)13(3)18/h12H,5-11H2,1-4H3. The molecule has 1 fully saturated rings. The lowest BCUT2D eigenvalue weighted by Gasteiger charge is -2.34. The lowest BCUT2D eigenvalue weighted by molar-refractivity contribution is -0.138. The highest BCUT2D eigenvalue weighted by Crippen LogP contribution is 2.08. The van der Waals surface area contributed by atoms with E-state index in [4.69, 9.17) is 0 Å². The second-order valence-electron chi connectivity index (χ2n) is 6.15. The fourth-order valence-electron chi connectivity index (χ4n) is 2.45. The Bertz CT molecular complexity index is 496. The van der Waals surface area contributed by atoms with Crippen molar-refractivity contribution in [3.05, 3.63) is 0 Å². The van der Waals surface area contributed by atoms with Gasteiger partial charge in [-0.05, 0) is 5.92 Å². The van der Waals surface area contributed by atoms with E-state index in [1.165, 1.54) is 17.5 Å². The zero-order chi connectivity index (χ0) is 16.9. The molecule has 0 spiro atoms. The number of amides is 2. The van der Waals surface area contributed by atoms with Crippen LogP contribution in [0.3, 0.4) is 0 Å². The zero-order valence-electron chi connectivity index (χ0n) is 13.9. The van der Waals surface area contributed by atoms with Gasteiger partial charge >= 0.3 is 0 Å². The smallest absolute Gasteiger partial charge is 0.224 e. The third-order valence-electron chi connectivity index (χ3n) is 3.69. The summed E-state index contributed by atoms with van der Waals surface area (Å²) in [6.45, 7) is 8.16. The summed E-state index contributed by atoms with van der Waals surface area (Å²) in [5.41, 5.74) is 0. The molecule has 0 aromatic rings. The number of hydrogen-bond donors (Lipinski definition) is 0. The molecule has 0 atom stereocenters. The van der Waals surface area contributed by atoms with Gasteiger partial charge in [0.1, 0.15) is 0 Å². The van der Waals surface area contributed by atoms with Crippen LogP contribution in [0.5, 0.6) is 0 Å². The molecule has 1 aliphatic heterocycles. The van der Waals surface area contributed by atoms with Crippen molar-refractivity contribution in [2.45, 2.75) is 27.2 Å². The molecule has 0 aromatic heterocycles. The van der Waals surface area contributed by atoms with E-state index < -0.39 is 10.0 Å². The summed E-state index contributed by atoms with van der Waals surface area (Å²) in [7, 11) is -3.30. The summed E-state index contributed by atoms with van der Waals surface area (Å²) in [6.07, 6.45) is 1.35. The number of carbonyl (C=O) groups is 2. The maximum atomic E-state index is 12.2. The van der Waals surface area contributed by atoms with Crippen LogP contribution in [0, 0.1) is 5.92 Å². The average molecular weight is 333 g/mol. The number of piperazine rings is 1. The first-order chi connectivity index (χ1) is 10.1. The Morgan fingerprint density at radius 1 is 1.09 bits per heavy atom. The minimum Gasteiger partial charge on any atom is -0.339 e. The van der Waals surface area contributed by atoms with E-state index in [9.17, 15) is 18.0 Å². The van der Waals surface area contributed by atoms with Gasteiger partial charge in [-0.15, -0.1) is 0 Å². The van der Waals surface area contributed by atoms with Gasteiger partial charge in [-0.1, -0.05) is 13.8 Å². The molecule has 0 bridgehead atoms. The highest BCUT2D eigenvalue weighted by Gasteiger charge is 2.24. The molecular formula is C14H27N3O4S. The topological polar surface area (TPSA) is 78.0 Å². The van der Waals surface area contributed by atoms with Crippen molar-refractivity contribution >= 4 is 21.8 Å². The Labute approximate surface area is 133 Å². The minimum absolute atomic E-state index is 0.0206. The van der Waals surface area contributed by atoms with E-state index in [1.54, 1.807) is 9.80 Å². The largest absolute Gasteiger partial charge is 0.339 e. The Balaban J connectivity index is 2.49. The van der Waals surface area contributed by atoms with Crippen LogP contribution in [0.1, 0.15) is 27.2 Å². The fourth-order valence-corrected chi connectivity index (χ4v) is 3.44. The van der Waals surface area contributed by atoms with Gasteiger partial charge < -0.3 is 9.80 Å². The molecule has 1 heterocycles. The van der Waals surface area contributed by atoms with E-state index in [0.29, 0.717) is 32.7 Å². The Morgan fingerprint density at radius 2 is 1.59 bits per heavy atom. The molecule has 8 heteroatoms. The van der Waals surface area contributed by atoms with Crippen LogP contribution in [-0.2, 0) is 19.6 Å². The molecule has 0 N–H and O–H groups in total. The zero-order valence-corrected chi connectivity index (χ0v) is 14.7. The molecule has 1 saturated heterocycles. The van der Waals surface area contributed by atoms with E-state index in [2.05, 4.69) is 0 Å². The molecule has 0 saturated carbocycles. The summed E-state index contributed by atoms with van der Waals surface area (Å²) in [5.74, 6) is 0.178. The van der Waals surface area contributed by atoms with Crippen molar-refractivity contribution in [2.75, 3.05) is 45.5 Å². The molecule has 2 amide bonds. The fraction of sp³-hybridized carbons (Fsp3) is 0.857. The molecule has 22 heavy (non-hydrogen) atoms. The maximum absolute atomic E-state index is 12.2. The highest BCUT2D eigenvalue weighted by atomic mass is 32.2. The van der Waals surface area contributed by atoms with Gasteiger partial charge in [0.2, 0.25) is 21.8 Å². The van der Waals surface area contributed by atoms with Crippen LogP contribution in [0.4, 0.5) is 0 Å². The third kappa shape index (κ3) is 5.92. The third-order valence-corrected chi connectivity index (χ3v) is 4.96. The molecule has 0 radical (unpaired) electrons. The van der Waals surface area contributed by atoms with E-state index in [-0.39, 0.29) is 30.7 Å². The first kappa shape index (κ1) is 18.9. The Kier molecular flexibility index (Phi) is 6.80. The lowest BCUT2D eigenvalue weighted by Crippen LogP contribution is -2.50. The first-order valence-electron chi connectivity index (χ1n) is 7.59. The summed E-state index contributed by atoms with van der Waals surface area (Å²) < 4.78 is 24.8. The number of sulfonamides is 1. The molecular weight excluding hydrogens is 306 g/mol. The van der Waals surface area contributed by atoms with Crippen LogP contribution < -0.4 is 0 Å². The SMILES string of the molecule is CC(=O)N1CCN(C(=O)CCN(CC(C)C)S(C)(=O)=O)CC1. The summed E-state index contributed by atoms with van der Waals surface area (Å²) in [5, 5.41) is 0. The van der Waals surface area contributed by atoms with E-state index >= 15 is 0 Å². The van der Waals surface area contributed by atoms with Crippen molar-refractivity contribution in [3.63, 3.8) is 0 Å². The summed E-state index contributed by atoms with van der Waals surface area (Å²) >= 11 is 0. The molecule has 0 unspecified atom stereocenters. The molecule has 0 aromatic carbocycles. The second kappa shape index (κ2) is 7.92. The summed E-state index contributed by atoms with van der Waals surface area (Å²) in [4.78, 5) is 26.9. The molecule has 1 aliphatic rings. The molecule has 7 nitrogen and oxygen atoms in total. The van der Waals surface area contributed by atoms with Gasteiger partial charge in [0.15, 0.2) is 0 Å². The average Bonchev–Trinajstić information content (AvgIpc) is 2.41. The van der Waals surface area contributed by atoms with Crippen LogP contribution in [0.15, 0.2) is 0 Å². The normalized spacial score (nSPS) is 16.5. The van der Waals surface area contributed by atoms with Gasteiger partial charge in [-0.2, -0.15) is 0 Å². The Hall–Kier alpha value is -1.15. The lowest BCUT2D eigenvalue weighted by atomic mass is 10.2. The van der Waals surface area contributed by atoms with Crippen LogP contribution in [0.2, 0.25) is 0 Å². The van der Waals surface area contributed by atoms with Crippen molar-refractivity contribution in [2.24, 2.45) is 5.92 Å². The van der Waals surface area contributed by atoms with Crippen LogP contribution >= 0.6 is 0 Å². The molecule has 1 rings (SSSR count). The van der Waals surface area contributed by atoms with Gasteiger partial charge in [0, 0.05) is 52.6 Å². The van der Waals surface area contributed by atoms with Crippen LogP contribution in [-0.4, -0.2) is 79.9 Å². The quantitative estimate of drug-likeness (QED) is 0.685. The highest BCUT2D eigenvalue weighted by molar-refractivity contribution is 7.88. The van der Waals surface area contributed by atoms with E-state index in [0.717, 1.165) is 0 Å². The number of carbonyl (C=O) groups excluding carboxylic acids is 2. The molecule has 128 valence electrons. The molecule has 0 aliphatic carbocycles. The first-order valence-corrected chi connectivity index (χ1v) is 9.44.